The molecule has 0 spiro atoms. The number of non-ortho nitro benzene ring substituents is 1. The molecule has 186 valence electrons. The number of H-pyrrole nitrogens is 1. The lowest BCUT2D eigenvalue weighted by Gasteiger charge is -2.12. The van der Waals surface area contributed by atoms with Crippen LogP contribution < -0.4 is 10.2 Å². The fourth-order valence-corrected chi connectivity index (χ4v) is 3.49. The molecule has 1 heterocycles. The van der Waals surface area contributed by atoms with Gasteiger partial charge in [-0.2, -0.15) is 0 Å². The number of anilines is 1. The van der Waals surface area contributed by atoms with Crippen LogP contribution in [0.15, 0.2) is 88.7 Å². The molecule has 3 aromatic carbocycles. The highest BCUT2D eigenvalue weighted by Crippen LogP contribution is 2.37. The summed E-state index contributed by atoms with van der Waals surface area (Å²) in [6.45, 7) is 0. The highest BCUT2D eigenvalue weighted by Gasteiger charge is 2.18. The van der Waals surface area contributed by atoms with Gasteiger partial charge in [-0.1, -0.05) is 30.3 Å². The normalized spacial score (nSPS) is 11.6. The predicted molar refractivity (Wildman–Crippen MR) is 139 cm³/mol. The summed E-state index contributed by atoms with van der Waals surface area (Å²) in [7, 11) is 3.80. The summed E-state index contributed by atoms with van der Waals surface area (Å²) >= 11 is 0. The fraction of sp³-hybridized carbons (Fsp3) is 0.0769. The number of hydrogen-bond donors (Lipinski definition) is 3. The first-order chi connectivity index (χ1) is 17.7. The number of rotatable bonds is 7. The molecule has 2 amide bonds. The van der Waals surface area contributed by atoms with E-state index in [-0.39, 0.29) is 22.5 Å². The number of aromatic amines is 1. The van der Waals surface area contributed by atoms with Gasteiger partial charge in [0.05, 0.1) is 10.4 Å². The standard InChI is InChI=1S/C26H22N6O5/c1-31(2)18-10-8-16(9-11-18)14-22(28-24(33)17-6-4-3-5-7-17)25(34)30-29-23-20-15-19(32(36)37)12-13-21(20)27-26(23)35/h3-15,27,35H,1-2H3,(H,28,33)/b22-14-,30-29?. The van der Waals surface area contributed by atoms with Crippen molar-refractivity contribution >= 4 is 45.9 Å². The molecule has 0 fully saturated rings. The second kappa shape index (κ2) is 10.5. The number of carbonyl (C=O) groups is 2. The maximum atomic E-state index is 13.1. The Balaban J connectivity index is 1.68. The number of carbonyl (C=O) groups excluding carboxylic acids is 2. The molecule has 0 aliphatic heterocycles. The van der Waals surface area contributed by atoms with Crippen molar-refractivity contribution in [3.63, 3.8) is 0 Å². The lowest BCUT2D eigenvalue weighted by Crippen LogP contribution is -2.26. The third kappa shape index (κ3) is 5.68. The molecule has 11 heteroatoms. The van der Waals surface area contributed by atoms with Crippen molar-refractivity contribution in [2.45, 2.75) is 0 Å². The SMILES string of the molecule is CN(C)c1ccc(/C=C(\NC(=O)c2ccccc2)C(=O)N=Nc2c(O)[nH]c3ccc([N+](=O)[O-])cc23)cc1. The van der Waals surface area contributed by atoms with Crippen LogP contribution in [0.2, 0.25) is 0 Å². The largest absolute Gasteiger partial charge is 0.493 e. The molecule has 0 bridgehead atoms. The molecular formula is C26H22N6O5. The number of hydrogen-bond acceptors (Lipinski definition) is 7. The summed E-state index contributed by atoms with van der Waals surface area (Å²) in [6, 6.07) is 19.5. The second-order valence-electron chi connectivity index (χ2n) is 8.18. The average Bonchev–Trinajstić information content (AvgIpc) is 3.21. The van der Waals surface area contributed by atoms with Crippen molar-refractivity contribution in [3.05, 3.63) is 99.7 Å². The van der Waals surface area contributed by atoms with E-state index in [0.717, 1.165) is 5.69 Å². The summed E-state index contributed by atoms with van der Waals surface area (Å²) in [6.07, 6.45) is 1.46. The molecule has 0 radical (unpaired) electrons. The first kappa shape index (κ1) is 24.8. The monoisotopic (exact) mass is 498 g/mol. The third-order valence-electron chi connectivity index (χ3n) is 5.42. The number of amides is 2. The van der Waals surface area contributed by atoms with E-state index in [0.29, 0.717) is 16.6 Å². The average molecular weight is 498 g/mol. The summed E-state index contributed by atoms with van der Waals surface area (Å²) < 4.78 is 0. The zero-order chi connectivity index (χ0) is 26.5. The van der Waals surface area contributed by atoms with Gasteiger partial charge < -0.3 is 20.3 Å². The molecular weight excluding hydrogens is 476 g/mol. The Morgan fingerprint density at radius 1 is 1.05 bits per heavy atom. The van der Waals surface area contributed by atoms with Crippen molar-refractivity contribution in [1.29, 1.82) is 0 Å². The molecule has 0 unspecified atom stereocenters. The molecule has 0 saturated carbocycles. The van der Waals surface area contributed by atoms with Gasteiger partial charge in [0.1, 0.15) is 5.70 Å². The van der Waals surface area contributed by atoms with Crippen LogP contribution in [0.3, 0.4) is 0 Å². The van der Waals surface area contributed by atoms with Gasteiger partial charge in [-0.15, -0.1) is 10.2 Å². The van der Waals surface area contributed by atoms with Crippen molar-refractivity contribution in [3.8, 4) is 5.88 Å². The topological polar surface area (TPSA) is 153 Å². The van der Waals surface area contributed by atoms with Gasteiger partial charge in [0.25, 0.3) is 11.6 Å². The predicted octanol–water partition coefficient (Wildman–Crippen LogP) is 4.93. The maximum Gasteiger partial charge on any atom is 0.311 e. The quantitative estimate of drug-likeness (QED) is 0.142. The highest BCUT2D eigenvalue weighted by molar-refractivity contribution is 6.05. The lowest BCUT2D eigenvalue weighted by atomic mass is 10.1. The number of nitro benzene ring substituents is 1. The Labute approximate surface area is 210 Å². The van der Waals surface area contributed by atoms with Crippen LogP contribution in [0, 0.1) is 10.1 Å². The first-order valence-corrected chi connectivity index (χ1v) is 11.0. The Morgan fingerprint density at radius 3 is 2.41 bits per heavy atom. The van der Waals surface area contributed by atoms with Crippen LogP contribution in [0.4, 0.5) is 17.1 Å². The summed E-state index contributed by atoms with van der Waals surface area (Å²) in [4.78, 5) is 40.9. The van der Waals surface area contributed by atoms with Crippen molar-refractivity contribution < 1.29 is 19.6 Å². The minimum atomic E-state index is -0.889. The van der Waals surface area contributed by atoms with E-state index in [2.05, 4.69) is 20.5 Å². The molecule has 0 saturated heterocycles. The first-order valence-electron chi connectivity index (χ1n) is 11.0. The number of aromatic nitrogens is 1. The molecule has 0 aliphatic rings. The molecule has 37 heavy (non-hydrogen) atoms. The van der Waals surface area contributed by atoms with Gasteiger partial charge in [0, 0.05) is 42.9 Å². The zero-order valence-corrected chi connectivity index (χ0v) is 19.9. The molecule has 4 rings (SSSR count). The Hall–Kier alpha value is -5.32. The summed E-state index contributed by atoms with van der Waals surface area (Å²) in [5.74, 6) is -1.82. The van der Waals surface area contributed by atoms with Gasteiger partial charge in [-0.25, -0.2) is 0 Å². The molecule has 0 aliphatic carbocycles. The lowest BCUT2D eigenvalue weighted by molar-refractivity contribution is -0.384. The van der Waals surface area contributed by atoms with E-state index < -0.39 is 22.6 Å². The molecule has 4 aromatic rings. The van der Waals surface area contributed by atoms with Crippen LogP contribution in [0.1, 0.15) is 15.9 Å². The summed E-state index contributed by atoms with van der Waals surface area (Å²) in [5, 5.41) is 31.7. The number of nitrogens with one attached hydrogen (secondary N) is 2. The van der Waals surface area contributed by atoms with E-state index in [1.165, 1.54) is 24.3 Å². The van der Waals surface area contributed by atoms with E-state index in [9.17, 15) is 24.8 Å². The highest BCUT2D eigenvalue weighted by atomic mass is 16.6. The van der Waals surface area contributed by atoms with Gasteiger partial charge in [-0.05, 0) is 42.0 Å². The van der Waals surface area contributed by atoms with Gasteiger partial charge in [0.15, 0.2) is 5.69 Å². The third-order valence-corrected chi connectivity index (χ3v) is 5.42. The number of benzene rings is 3. The van der Waals surface area contributed by atoms with E-state index in [4.69, 9.17) is 0 Å². The van der Waals surface area contributed by atoms with E-state index in [1.807, 2.05) is 31.1 Å². The molecule has 3 N–H and O–H groups in total. The maximum absolute atomic E-state index is 13.1. The van der Waals surface area contributed by atoms with Crippen LogP contribution in [0.5, 0.6) is 5.88 Å². The summed E-state index contributed by atoms with van der Waals surface area (Å²) in [5.41, 5.74) is 1.77. The minimum Gasteiger partial charge on any atom is -0.493 e. The van der Waals surface area contributed by atoms with Crippen molar-refractivity contribution in [1.82, 2.24) is 10.3 Å². The van der Waals surface area contributed by atoms with Crippen LogP contribution in [-0.2, 0) is 4.79 Å². The Kier molecular flexibility index (Phi) is 7.05. The van der Waals surface area contributed by atoms with Gasteiger partial charge in [0.2, 0.25) is 5.88 Å². The van der Waals surface area contributed by atoms with Crippen LogP contribution in [0.25, 0.3) is 17.0 Å². The van der Waals surface area contributed by atoms with Crippen molar-refractivity contribution in [2.75, 3.05) is 19.0 Å². The smallest absolute Gasteiger partial charge is 0.311 e. The molecule has 0 atom stereocenters. The van der Waals surface area contributed by atoms with Crippen LogP contribution >= 0.6 is 0 Å². The Bertz CT molecular complexity index is 1540. The minimum absolute atomic E-state index is 0.142. The van der Waals surface area contributed by atoms with E-state index >= 15 is 0 Å². The number of azo groups is 1. The second-order valence-corrected chi connectivity index (χ2v) is 8.18. The molecule has 11 nitrogen and oxygen atoms in total. The zero-order valence-electron chi connectivity index (χ0n) is 19.9. The van der Waals surface area contributed by atoms with Crippen LogP contribution in [-0.4, -0.2) is 40.9 Å². The van der Waals surface area contributed by atoms with E-state index in [1.54, 1.807) is 42.5 Å². The van der Waals surface area contributed by atoms with Gasteiger partial charge >= 0.3 is 5.91 Å². The number of nitrogens with zero attached hydrogens (tertiary/aromatic N) is 4. The molecule has 1 aromatic heterocycles. The number of aromatic hydroxyl groups is 1. The number of nitro groups is 1. The number of fused-ring (bicyclic) bond motifs is 1. The van der Waals surface area contributed by atoms with Crippen molar-refractivity contribution in [2.24, 2.45) is 10.2 Å². The van der Waals surface area contributed by atoms with Gasteiger partial charge in [-0.3, -0.25) is 19.7 Å². The fourth-order valence-electron chi connectivity index (χ4n) is 3.49. The Morgan fingerprint density at radius 2 is 1.76 bits per heavy atom.